The molecule has 2 N–H and O–H groups in total. The lowest BCUT2D eigenvalue weighted by Crippen LogP contribution is -2.14. The third-order valence-corrected chi connectivity index (χ3v) is 4.65. The lowest BCUT2D eigenvalue weighted by Gasteiger charge is -2.12. The van der Waals surface area contributed by atoms with Crippen LogP contribution in [0.5, 0.6) is 0 Å². The monoisotopic (exact) mass is 350 g/mol. The summed E-state index contributed by atoms with van der Waals surface area (Å²) in [7, 11) is 0. The molecule has 0 saturated carbocycles. The van der Waals surface area contributed by atoms with E-state index in [9.17, 15) is 4.79 Å². The molecule has 1 amide bonds. The summed E-state index contributed by atoms with van der Waals surface area (Å²) in [4.78, 5) is 20.8. The number of carbonyl (C=O) groups excluding carboxylic acids is 1. The highest BCUT2D eigenvalue weighted by atomic mass is 16.1. The van der Waals surface area contributed by atoms with Gasteiger partial charge in [0.05, 0.1) is 5.56 Å². The Labute approximate surface area is 155 Å². The van der Waals surface area contributed by atoms with Crippen molar-refractivity contribution in [3.05, 3.63) is 59.4 Å². The van der Waals surface area contributed by atoms with Crippen LogP contribution >= 0.6 is 0 Å². The van der Waals surface area contributed by atoms with E-state index in [2.05, 4.69) is 33.6 Å². The predicted molar refractivity (Wildman–Crippen MR) is 105 cm³/mol. The van der Waals surface area contributed by atoms with Crippen LogP contribution in [0, 0.1) is 0 Å². The Hall–Kier alpha value is -2.69. The van der Waals surface area contributed by atoms with E-state index >= 15 is 0 Å². The van der Waals surface area contributed by atoms with Crippen molar-refractivity contribution in [3.8, 4) is 0 Å². The molecule has 0 aliphatic heterocycles. The molecule has 26 heavy (non-hydrogen) atoms. The normalized spacial score (nSPS) is 13.8. The maximum absolute atomic E-state index is 12.3. The van der Waals surface area contributed by atoms with Crippen LogP contribution in [0.3, 0.4) is 0 Å². The first kappa shape index (κ1) is 18.1. The summed E-state index contributed by atoms with van der Waals surface area (Å²) in [5.74, 6) is 0.360. The number of carbonyl (C=O) groups is 1. The highest BCUT2D eigenvalue weighted by molar-refractivity contribution is 6.03. The molecule has 0 fully saturated rings. The summed E-state index contributed by atoms with van der Waals surface area (Å²) in [5, 5.41) is 6.09. The van der Waals surface area contributed by atoms with Gasteiger partial charge in [-0.05, 0) is 56.2 Å². The van der Waals surface area contributed by atoms with Crippen LogP contribution in [-0.2, 0) is 6.42 Å². The van der Waals surface area contributed by atoms with Gasteiger partial charge in [0.25, 0.3) is 5.91 Å². The van der Waals surface area contributed by atoms with Gasteiger partial charge in [-0.2, -0.15) is 0 Å². The van der Waals surface area contributed by atoms with Gasteiger partial charge in [0.1, 0.15) is 0 Å². The highest BCUT2D eigenvalue weighted by Gasteiger charge is 2.08. The molecule has 1 aliphatic carbocycles. The van der Waals surface area contributed by atoms with Gasteiger partial charge in [-0.25, -0.2) is 9.97 Å². The zero-order valence-corrected chi connectivity index (χ0v) is 15.3. The molecular weight excluding hydrogens is 324 g/mol. The summed E-state index contributed by atoms with van der Waals surface area (Å²) in [5.41, 5.74) is 3.99. The number of amides is 1. The van der Waals surface area contributed by atoms with E-state index < -0.39 is 0 Å². The first-order chi connectivity index (χ1) is 12.7. The molecule has 3 rings (SSSR count). The van der Waals surface area contributed by atoms with E-state index in [-0.39, 0.29) is 5.91 Å². The predicted octanol–water partition coefficient (Wildman–Crippen LogP) is 4.59. The number of aryl methyl sites for hydroxylation is 1. The number of allylic oxidation sites excluding steroid dienone is 1. The zero-order chi connectivity index (χ0) is 18.2. The first-order valence-electron chi connectivity index (χ1n) is 9.38. The van der Waals surface area contributed by atoms with Crippen molar-refractivity contribution in [3.63, 3.8) is 0 Å². The lowest BCUT2D eigenvalue weighted by molar-refractivity contribution is 0.102. The number of aromatic nitrogens is 2. The standard InChI is InChI=1S/C21H26N4O/c1-2-16-8-10-19(11-9-16)25-20(26)18-14-23-21(24-15-18)22-13-12-17-6-4-3-5-7-17/h6,8-11,14-15H,2-5,7,12-13H2,1H3,(H,25,26)(H,22,23,24). The van der Waals surface area contributed by atoms with Gasteiger partial charge in [-0.3, -0.25) is 4.79 Å². The maximum atomic E-state index is 12.3. The van der Waals surface area contributed by atoms with E-state index in [1.165, 1.54) is 36.8 Å². The second kappa shape index (κ2) is 9.13. The van der Waals surface area contributed by atoms with E-state index in [1.807, 2.05) is 24.3 Å². The Kier molecular flexibility index (Phi) is 6.36. The topological polar surface area (TPSA) is 66.9 Å². The number of hydrogen-bond donors (Lipinski definition) is 2. The van der Waals surface area contributed by atoms with Crippen molar-refractivity contribution in [2.24, 2.45) is 0 Å². The fourth-order valence-corrected chi connectivity index (χ4v) is 3.03. The number of anilines is 2. The van der Waals surface area contributed by atoms with E-state index in [4.69, 9.17) is 0 Å². The summed E-state index contributed by atoms with van der Waals surface area (Å²) < 4.78 is 0. The van der Waals surface area contributed by atoms with E-state index in [0.29, 0.717) is 11.5 Å². The molecule has 2 aromatic rings. The van der Waals surface area contributed by atoms with Crippen LogP contribution in [0.25, 0.3) is 0 Å². The molecular formula is C21H26N4O. The summed E-state index contributed by atoms with van der Waals surface area (Å²) >= 11 is 0. The number of benzene rings is 1. The summed E-state index contributed by atoms with van der Waals surface area (Å²) in [6, 6.07) is 7.85. The van der Waals surface area contributed by atoms with Crippen LogP contribution < -0.4 is 10.6 Å². The van der Waals surface area contributed by atoms with Gasteiger partial charge in [-0.15, -0.1) is 0 Å². The van der Waals surface area contributed by atoms with Crippen molar-refractivity contribution in [1.82, 2.24) is 9.97 Å². The summed E-state index contributed by atoms with van der Waals surface area (Å²) in [6.07, 6.45) is 12.5. The van der Waals surface area contributed by atoms with Gasteiger partial charge in [-0.1, -0.05) is 30.7 Å². The molecule has 0 saturated heterocycles. The lowest BCUT2D eigenvalue weighted by atomic mass is 9.97. The molecule has 5 nitrogen and oxygen atoms in total. The molecule has 0 atom stereocenters. The third kappa shape index (κ3) is 5.15. The molecule has 0 spiro atoms. The van der Waals surface area contributed by atoms with E-state index in [1.54, 1.807) is 12.4 Å². The van der Waals surface area contributed by atoms with Crippen LogP contribution in [0.15, 0.2) is 48.3 Å². The van der Waals surface area contributed by atoms with Crippen molar-refractivity contribution in [1.29, 1.82) is 0 Å². The smallest absolute Gasteiger partial charge is 0.258 e. The minimum absolute atomic E-state index is 0.201. The number of rotatable bonds is 7. The molecule has 5 heteroatoms. The van der Waals surface area contributed by atoms with E-state index in [0.717, 1.165) is 25.1 Å². The van der Waals surface area contributed by atoms with Crippen LogP contribution in [0.4, 0.5) is 11.6 Å². The molecule has 136 valence electrons. The minimum atomic E-state index is -0.201. The van der Waals surface area contributed by atoms with Crippen LogP contribution in [0.2, 0.25) is 0 Å². The summed E-state index contributed by atoms with van der Waals surface area (Å²) in [6.45, 7) is 2.92. The Morgan fingerprint density at radius 1 is 1.12 bits per heavy atom. The molecule has 0 unspecified atom stereocenters. The van der Waals surface area contributed by atoms with Crippen LogP contribution in [-0.4, -0.2) is 22.4 Å². The van der Waals surface area contributed by atoms with Crippen LogP contribution in [0.1, 0.15) is 54.9 Å². The van der Waals surface area contributed by atoms with Crippen molar-refractivity contribution in [2.45, 2.75) is 45.4 Å². The van der Waals surface area contributed by atoms with Crippen molar-refractivity contribution >= 4 is 17.5 Å². The fourth-order valence-electron chi connectivity index (χ4n) is 3.03. The average Bonchev–Trinajstić information content (AvgIpc) is 2.70. The SMILES string of the molecule is CCc1ccc(NC(=O)c2cnc(NCCC3=CCCCC3)nc2)cc1. The minimum Gasteiger partial charge on any atom is -0.354 e. The Morgan fingerprint density at radius 3 is 2.54 bits per heavy atom. The van der Waals surface area contributed by atoms with Gasteiger partial charge in [0.15, 0.2) is 0 Å². The zero-order valence-electron chi connectivity index (χ0n) is 15.3. The van der Waals surface area contributed by atoms with Crippen molar-refractivity contribution in [2.75, 3.05) is 17.2 Å². The second-order valence-corrected chi connectivity index (χ2v) is 6.58. The molecule has 1 aromatic carbocycles. The second-order valence-electron chi connectivity index (χ2n) is 6.58. The Bertz CT molecular complexity index is 751. The van der Waals surface area contributed by atoms with Crippen molar-refractivity contribution < 1.29 is 4.79 Å². The van der Waals surface area contributed by atoms with Gasteiger partial charge >= 0.3 is 0 Å². The van der Waals surface area contributed by atoms with Gasteiger partial charge < -0.3 is 10.6 Å². The largest absolute Gasteiger partial charge is 0.354 e. The number of nitrogens with zero attached hydrogens (tertiary/aromatic N) is 2. The third-order valence-electron chi connectivity index (χ3n) is 4.65. The average molecular weight is 350 g/mol. The molecule has 0 bridgehead atoms. The molecule has 1 aliphatic rings. The number of nitrogens with one attached hydrogen (secondary N) is 2. The Morgan fingerprint density at radius 2 is 1.88 bits per heavy atom. The first-order valence-corrected chi connectivity index (χ1v) is 9.38. The fraction of sp³-hybridized carbons (Fsp3) is 0.381. The molecule has 0 radical (unpaired) electrons. The Balaban J connectivity index is 1.49. The van der Waals surface area contributed by atoms with Gasteiger partial charge in [0.2, 0.25) is 5.95 Å². The molecule has 1 aromatic heterocycles. The highest BCUT2D eigenvalue weighted by Crippen LogP contribution is 2.19. The van der Waals surface area contributed by atoms with Gasteiger partial charge in [0, 0.05) is 24.6 Å². The maximum Gasteiger partial charge on any atom is 0.258 e. The quantitative estimate of drug-likeness (QED) is 0.717. The number of hydrogen-bond acceptors (Lipinski definition) is 4. The molecule has 1 heterocycles.